The van der Waals surface area contributed by atoms with Crippen LogP contribution in [0.2, 0.25) is 0 Å². The summed E-state index contributed by atoms with van der Waals surface area (Å²) < 4.78 is 1.21. The number of nitrogens with one attached hydrogen (secondary N) is 1. The molecule has 0 aromatic heterocycles. The van der Waals surface area contributed by atoms with Gasteiger partial charge in [-0.2, -0.15) is 0 Å². The van der Waals surface area contributed by atoms with Gasteiger partial charge >= 0.3 is 0 Å². The van der Waals surface area contributed by atoms with Gasteiger partial charge in [0.1, 0.15) is 0 Å². The average molecular weight is 282 g/mol. The lowest BCUT2D eigenvalue weighted by molar-refractivity contribution is 0.369. The molecule has 1 N–H and O–H groups in total. The first-order valence-corrected chi connectivity index (χ1v) is 6.94. The third-order valence-corrected chi connectivity index (χ3v) is 4.75. The van der Waals surface area contributed by atoms with Crippen LogP contribution in [-0.4, -0.2) is 6.04 Å². The van der Waals surface area contributed by atoms with Crippen molar-refractivity contribution in [1.29, 1.82) is 0 Å². The van der Waals surface area contributed by atoms with E-state index in [4.69, 9.17) is 0 Å². The van der Waals surface area contributed by atoms with E-state index in [1.54, 1.807) is 0 Å². The highest BCUT2D eigenvalue weighted by Gasteiger charge is 2.28. The van der Waals surface area contributed by atoms with Crippen LogP contribution >= 0.6 is 15.9 Å². The fourth-order valence-corrected chi connectivity index (χ4v) is 2.96. The average Bonchev–Trinajstić information content (AvgIpc) is 2.59. The molecule has 1 fully saturated rings. The van der Waals surface area contributed by atoms with E-state index in [-0.39, 0.29) is 0 Å². The molecule has 3 unspecified atom stereocenters. The molecule has 88 valence electrons. The van der Waals surface area contributed by atoms with Crippen molar-refractivity contribution in [2.75, 3.05) is 0 Å². The molecule has 3 atom stereocenters. The molecule has 0 bridgehead atoms. The number of hydrogen-bond donors (Lipinski definition) is 1. The van der Waals surface area contributed by atoms with Gasteiger partial charge in [-0.1, -0.05) is 48.0 Å². The molecule has 0 radical (unpaired) electrons. The topological polar surface area (TPSA) is 12.0 Å². The molecule has 1 aliphatic carbocycles. The summed E-state index contributed by atoms with van der Waals surface area (Å²) in [7, 11) is 0. The fraction of sp³-hybridized carbons (Fsp3) is 0.571. The molecule has 0 amide bonds. The Labute approximate surface area is 107 Å². The highest BCUT2D eigenvalue weighted by molar-refractivity contribution is 9.10. The minimum Gasteiger partial charge on any atom is -0.310 e. The second kappa shape index (κ2) is 5.33. The minimum atomic E-state index is 0.696. The van der Waals surface area contributed by atoms with Gasteiger partial charge in [0.05, 0.1) is 0 Å². The van der Waals surface area contributed by atoms with Crippen LogP contribution in [0, 0.1) is 11.8 Å². The first-order chi connectivity index (χ1) is 7.68. The Morgan fingerprint density at radius 3 is 2.62 bits per heavy atom. The Morgan fingerprint density at radius 1 is 1.25 bits per heavy atom. The van der Waals surface area contributed by atoms with E-state index in [9.17, 15) is 0 Å². The number of halogens is 1. The zero-order chi connectivity index (χ0) is 11.5. The third kappa shape index (κ3) is 2.67. The SMILES string of the molecule is CC1CCC(NCc2ccccc2Br)C1C. The highest BCUT2D eigenvalue weighted by Crippen LogP contribution is 2.31. The minimum absolute atomic E-state index is 0.696. The number of benzene rings is 1. The summed E-state index contributed by atoms with van der Waals surface area (Å²) in [5.74, 6) is 1.68. The van der Waals surface area contributed by atoms with Gasteiger partial charge in [0.15, 0.2) is 0 Å². The van der Waals surface area contributed by atoms with Crippen molar-refractivity contribution in [1.82, 2.24) is 5.32 Å². The van der Waals surface area contributed by atoms with E-state index in [0.29, 0.717) is 6.04 Å². The maximum absolute atomic E-state index is 3.69. The molecule has 0 spiro atoms. The summed E-state index contributed by atoms with van der Waals surface area (Å²) in [6, 6.07) is 9.15. The first-order valence-electron chi connectivity index (χ1n) is 6.15. The third-order valence-electron chi connectivity index (χ3n) is 3.98. The van der Waals surface area contributed by atoms with Crippen LogP contribution in [0.25, 0.3) is 0 Å². The quantitative estimate of drug-likeness (QED) is 0.884. The van der Waals surface area contributed by atoms with Gasteiger partial charge in [-0.25, -0.2) is 0 Å². The Kier molecular flexibility index (Phi) is 4.04. The van der Waals surface area contributed by atoms with Crippen molar-refractivity contribution in [2.24, 2.45) is 11.8 Å². The van der Waals surface area contributed by atoms with Crippen LogP contribution in [0.5, 0.6) is 0 Å². The van der Waals surface area contributed by atoms with Crippen molar-refractivity contribution >= 4 is 15.9 Å². The predicted molar refractivity (Wildman–Crippen MR) is 72.3 cm³/mol. The monoisotopic (exact) mass is 281 g/mol. The lowest BCUT2D eigenvalue weighted by atomic mass is 9.98. The Bertz CT molecular complexity index is 350. The van der Waals surface area contributed by atoms with E-state index in [1.807, 2.05) is 0 Å². The number of rotatable bonds is 3. The zero-order valence-corrected chi connectivity index (χ0v) is 11.6. The maximum atomic E-state index is 3.69. The summed E-state index contributed by atoms with van der Waals surface area (Å²) in [5.41, 5.74) is 1.36. The zero-order valence-electron chi connectivity index (χ0n) is 10.0. The second-order valence-electron chi connectivity index (χ2n) is 4.99. The summed E-state index contributed by atoms with van der Waals surface area (Å²) in [4.78, 5) is 0. The van der Waals surface area contributed by atoms with Crippen molar-refractivity contribution in [3.8, 4) is 0 Å². The van der Waals surface area contributed by atoms with E-state index in [0.717, 1.165) is 18.4 Å². The van der Waals surface area contributed by atoms with Crippen LogP contribution in [0.1, 0.15) is 32.3 Å². The van der Waals surface area contributed by atoms with Gasteiger partial charge in [-0.05, 0) is 36.3 Å². The summed E-state index contributed by atoms with van der Waals surface area (Å²) in [6.07, 6.45) is 2.70. The highest BCUT2D eigenvalue weighted by atomic mass is 79.9. The van der Waals surface area contributed by atoms with Crippen LogP contribution in [0.15, 0.2) is 28.7 Å². The molecule has 0 saturated heterocycles. The Hall–Kier alpha value is -0.340. The molecule has 1 saturated carbocycles. The summed E-state index contributed by atoms with van der Waals surface area (Å²) in [5, 5.41) is 3.69. The smallest absolute Gasteiger partial charge is 0.0220 e. The van der Waals surface area contributed by atoms with Crippen molar-refractivity contribution in [3.05, 3.63) is 34.3 Å². The Morgan fingerprint density at radius 2 is 2.00 bits per heavy atom. The van der Waals surface area contributed by atoms with Gasteiger partial charge in [-0.15, -0.1) is 0 Å². The normalized spacial score (nSPS) is 29.6. The number of hydrogen-bond acceptors (Lipinski definition) is 1. The second-order valence-corrected chi connectivity index (χ2v) is 5.85. The van der Waals surface area contributed by atoms with Gasteiger partial charge < -0.3 is 5.32 Å². The molecule has 1 aromatic carbocycles. The fourth-order valence-electron chi connectivity index (χ4n) is 2.54. The molecule has 1 nitrogen and oxygen atoms in total. The van der Waals surface area contributed by atoms with Crippen molar-refractivity contribution in [2.45, 2.75) is 39.3 Å². The predicted octanol–water partition coefficient (Wildman–Crippen LogP) is 3.97. The van der Waals surface area contributed by atoms with Gasteiger partial charge in [0.25, 0.3) is 0 Å². The summed E-state index contributed by atoms with van der Waals surface area (Å²) in [6.45, 7) is 5.71. The van der Waals surface area contributed by atoms with E-state index in [2.05, 4.69) is 59.4 Å². The van der Waals surface area contributed by atoms with E-state index < -0.39 is 0 Å². The first kappa shape index (κ1) is 12.1. The molecule has 2 heteroatoms. The standard InChI is InChI=1S/C14H20BrN/c1-10-7-8-14(11(10)2)16-9-12-5-3-4-6-13(12)15/h3-6,10-11,14,16H,7-9H2,1-2H3. The Balaban J connectivity index is 1.91. The molecule has 0 heterocycles. The van der Waals surface area contributed by atoms with Crippen LogP contribution in [0.3, 0.4) is 0 Å². The molecule has 2 rings (SSSR count). The molecule has 1 aliphatic rings. The molecular weight excluding hydrogens is 262 g/mol. The van der Waals surface area contributed by atoms with Crippen LogP contribution in [0.4, 0.5) is 0 Å². The van der Waals surface area contributed by atoms with E-state index >= 15 is 0 Å². The van der Waals surface area contributed by atoms with Crippen molar-refractivity contribution in [3.63, 3.8) is 0 Å². The lowest BCUT2D eigenvalue weighted by Gasteiger charge is -2.20. The lowest BCUT2D eigenvalue weighted by Crippen LogP contribution is -2.31. The molecule has 16 heavy (non-hydrogen) atoms. The molecular formula is C14H20BrN. The van der Waals surface area contributed by atoms with E-state index in [1.165, 1.54) is 22.9 Å². The van der Waals surface area contributed by atoms with Crippen LogP contribution < -0.4 is 5.32 Å². The van der Waals surface area contributed by atoms with Gasteiger partial charge in [0.2, 0.25) is 0 Å². The molecule has 0 aliphatic heterocycles. The largest absolute Gasteiger partial charge is 0.310 e. The van der Waals surface area contributed by atoms with Crippen molar-refractivity contribution < 1.29 is 0 Å². The van der Waals surface area contributed by atoms with Gasteiger partial charge in [0, 0.05) is 17.1 Å². The van der Waals surface area contributed by atoms with Gasteiger partial charge in [-0.3, -0.25) is 0 Å². The summed E-state index contributed by atoms with van der Waals surface area (Å²) >= 11 is 3.59. The van der Waals surface area contributed by atoms with Crippen LogP contribution in [-0.2, 0) is 6.54 Å². The maximum Gasteiger partial charge on any atom is 0.0220 e. The molecule has 1 aromatic rings.